The Morgan fingerprint density at radius 1 is 1.37 bits per heavy atom. The Hall–Kier alpha value is -0.890. The quantitative estimate of drug-likeness (QED) is 0.810. The van der Waals surface area contributed by atoms with Crippen molar-refractivity contribution in [2.75, 3.05) is 0 Å². The fourth-order valence-corrected chi connectivity index (χ4v) is 0.877. The molecule has 7 nitrogen and oxygen atoms in total. The van der Waals surface area contributed by atoms with E-state index in [2.05, 4.69) is 19.7 Å². The number of aliphatic carboxylic acids is 1. The minimum atomic E-state index is -1.83. The zero-order valence-electron chi connectivity index (χ0n) is 10.1. The molecule has 0 amide bonds. The molecule has 1 aromatic rings. The average molecular weight is 332 g/mol. The number of halogens is 3. The van der Waals surface area contributed by atoms with Crippen molar-refractivity contribution in [1.29, 1.82) is 0 Å². The summed E-state index contributed by atoms with van der Waals surface area (Å²) >= 11 is 15.8. The Bertz CT molecular complexity index is 386. The third kappa shape index (κ3) is 9.66. The standard InChI is InChI=1S/C5H11NO2.C4H2Cl3N3O/c1-3(2)4(6)5(7)8;5-4(6,7)11-3-9-1-8-2-10-3/h3-4H,6H2,1-2H3,(H,7,8);1-2H/t4-;/m0./s1. The summed E-state index contributed by atoms with van der Waals surface area (Å²) in [7, 11) is 0. The second kappa shape index (κ2) is 8.31. The van der Waals surface area contributed by atoms with Gasteiger partial charge in [0.05, 0.1) is 0 Å². The van der Waals surface area contributed by atoms with E-state index < -0.39 is 16.0 Å². The second-order valence-electron chi connectivity index (χ2n) is 3.58. The number of ether oxygens (including phenoxy) is 1. The molecule has 10 heteroatoms. The molecule has 0 aromatic carbocycles. The highest BCUT2D eigenvalue weighted by Gasteiger charge is 2.22. The van der Waals surface area contributed by atoms with E-state index >= 15 is 0 Å². The molecule has 1 heterocycles. The number of nitrogens with two attached hydrogens (primary N) is 1. The van der Waals surface area contributed by atoms with Crippen LogP contribution in [-0.2, 0) is 4.79 Å². The van der Waals surface area contributed by atoms with Crippen molar-refractivity contribution in [2.24, 2.45) is 11.7 Å². The minimum absolute atomic E-state index is 0.0208. The lowest BCUT2D eigenvalue weighted by molar-refractivity contribution is -0.139. The Balaban J connectivity index is 0.000000362. The highest BCUT2D eigenvalue weighted by atomic mass is 35.6. The lowest BCUT2D eigenvalue weighted by atomic mass is 10.1. The number of rotatable bonds is 3. The van der Waals surface area contributed by atoms with Crippen LogP contribution in [0.2, 0.25) is 0 Å². The van der Waals surface area contributed by atoms with E-state index in [1.165, 1.54) is 12.7 Å². The number of carboxylic acids is 1. The smallest absolute Gasteiger partial charge is 0.341 e. The van der Waals surface area contributed by atoms with E-state index in [1.54, 1.807) is 13.8 Å². The van der Waals surface area contributed by atoms with Crippen LogP contribution in [0.5, 0.6) is 6.01 Å². The molecule has 3 N–H and O–H groups in total. The van der Waals surface area contributed by atoms with E-state index in [0.29, 0.717) is 0 Å². The maximum absolute atomic E-state index is 10.0. The van der Waals surface area contributed by atoms with Crippen molar-refractivity contribution in [1.82, 2.24) is 15.0 Å². The summed E-state index contributed by atoms with van der Waals surface area (Å²) in [6.45, 7) is 3.55. The van der Waals surface area contributed by atoms with Crippen molar-refractivity contribution < 1.29 is 14.6 Å². The first kappa shape index (κ1) is 18.1. The molecule has 19 heavy (non-hydrogen) atoms. The predicted molar refractivity (Wildman–Crippen MR) is 71.2 cm³/mol. The summed E-state index contributed by atoms with van der Waals surface area (Å²) in [5, 5.41) is 8.23. The van der Waals surface area contributed by atoms with E-state index in [9.17, 15) is 4.79 Å². The average Bonchev–Trinajstić information content (AvgIpc) is 2.27. The zero-order chi connectivity index (χ0) is 15.1. The number of aromatic nitrogens is 3. The van der Waals surface area contributed by atoms with Gasteiger partial charge in [0.1, 0.15) is 18.7 Å². The predicted octanol–water partition coefficient (Wildman–Crippen LogP) is 1.63. The Morgan fingerprint density at radius 2 is 1.84 bits per heavy atom. The molecule has 0 radical (unpaired) electrons. The highest BCUT2D eigenvalue weighted by molar-refractivity contribution is 6.66. The van der Waals surface area contributed by atoms with Gasteiger partial charge in [-0.15, -0.1) is 0 Å². The van der Waals surface area contributed by atoms with Crippen LogP contribution in [0.25, 0.3) is 0 Å². The number of nitrogens with zero attached hydrogens (tertiary/aromatic N) is 3. The molecule has 0 aliphatic rings. The van der Waals surface area contributed by atoms with Crippen molar-refractivity contribution in [3.8, 4) is 6.01 Å². The highest BCUT2D eigenvalue weighted by Crippen LogP contribution is 2.27. The molecule has 0 aliphatic carbocycles. The van der Waals surface area contributed by atoms with Crippen LogP contribution in [0.4, 0.5) is 0 Å². The van der Waals surface area contributed by atoms with Crippen LogP contribution in [0.15, 0.2) is 12.7 Å². The normalized spacial score (nSPS) is 12.4. The van der Waals surface area contributed by atoms with Crippen molar-refractivity contribution in [3.05, 3.63) is 12.7 Å². The fraction of sp³-hybridized carbons (Fsp3) is 0.556. The first-order chi connectivity index (χ1) is 8.63. The molecule has 0 bridgehead atoms. The van der Waals surface area contributed by atoms with Gasteiger partial charge in [-0.2, -0.15) is 9.97 Å². The molecule has 0 fully saturated rings. The number of carbonyl (C=O) groups is 1. The fourth-order valence-electron chi connectivity index (χ4n) is 0.670. The van der Waals surface area contributed by atoms with Crippen LogP contribution in [0.3, 0.4) is 0 Å². The number of carboxylic acid groups (broad SMARTS) is 1. The van der Waals surface area contributed by atoms with Gasteiger partial charge in [0.2, 0.25) is 0 Å². The van der Waals surface area contributed by atoms with E-state index in [4.69, 9.17) is 45.6 Å². The Kier molecular flexibility index (Phi) is 7.93. The van der Waals surface area contributed by atoms with Gasteiger partial charge < -0.3 is 15.6 Å². The molecule has 1 atom stereocenters. The largest absolute Gasteiger partial charge is 0.480 e. The van der Waals surface area contributed by atoms with Crippen LogP contribution in [0.1, 0.15) is 13.8 Å². The van der Waals surface area contributed by atoms with Crippen LogP contribution in [0, 0.1) is 5.92 Å². The monoisotopic (exact) mass is 330 g/mol. The number of hydrogen-bond donors (Lipinski definition) is 2. The third-order valence-electron chi connectivity index (χ3n) is 1.68. The SMILES string of the molecule is CC(C)[C@H](N)C(=O)O.ClC(Cl)(Cl)Oc1ncncn1. The van der Waals surface area contributed by atoms with Gasteiger partial charge in [-0.05, 0) is 40.7 Å². The zero-order valence-corrected chi connectivity index (χ0v) is 12.4. The number of hydrogen-bond acceptors (Lipinski definition) is 6. The summed E-state index contributed by atoms with van der Waals surface area (Å²) in [4.78, 5) is 20.7. The summed E-state index contributed by atoms with van der Waals surface area (Å²) in [5.74, 6) is -0.910. The van der Waals surface area contributed by atoms with E-state index in [0.717, 1.165) is 0 Å². The first-order valence-electron chi connectivity index (χ1n) is 4.99. The topological polar surface area (TPSA) is 111 Å². The maximum atomic E-state index is 10.0. The molecular weight excluding hydrogens is 318 g/mol. The van der Waals surface area contributed by atoms with Gasteiger partial charge in [0, 0.05) is 0 Å². The van der Waals surface area contributed by atoms with E-state index in [-0.39, 0.29) is 11.9 Å². The minimum Gasteiger partial charge on any atom is -0.480 e. The van der Waals surface area contributed by atoms with E-state index in [1.807, 2.05) is 0 Å². The molecule has 1 aromatic heterocycles. The summed E-state index contributed by atoms with van der Waals surface area (Å²) < 4.78 is 2.80. The molecular formula is C9H13Cl3N4O3. The third-order valence-corrected chi connectivity index (χ3v) is 1.91. The molecule has 0 aliphatic heterocycles. The Labute approximate surface area is 125 Å². The van der Waals surface area contributed by atoms with Crippen LogP contribution < -0.4 is 10.5 Å². The van der Waals surface area contributed by atoms with Gasteiger partial charge >= 0.3 is 16.0 Å². The van der Waals surface area contributed by atoms with Gasteiger partial charge in [0.15, 0.2) is 0 Å². The molecule has 108 valence electrons. The molecule has 0 unspecified atom stereocenters. The van der Waals surface area contributed by atoms with Crippen LogP contribution in [-0.4, -0.2) is 36.0 Å². The number of alkyl halides is 3. The van der Waals surface area contributed by atoms with Gasteiger partial charge in [-0.3, -0.25) is 4.79 Å². The lowest BCUT2D eigenvalue weighted by Gasteiger charge is -2.09. The van der Waals surface area contributed by atoms with Gasteiger partial charge in [0.25, 0.3) is 0 Å². The van der Waals surface area contributed by atoms with Crippen molar-refractivity contribution in [2.45, 2.75) is 23.9 Å². The molecule has 0 saturated heterocycles. The molecule has 0 saturated carbocycles. The van der Waals surface area contributed by atoms with Crippen molar-refractivity contribution >= 4 is 40.8 Å². The molecule has 0 spiro atoms. The Morgan fingerprint density at radius 3 is 2.11 bits per heavy atom. The summed E-state index contributed by atoms with van der Waals surface area (Å²) in [6.07, 6.45) is 2.47. The maximum Gasteiger partial charge on any atom is 0.341 e. The molecule has 1 rings (SSSR count). The lowest BCUT2D eigenvalue weighted by Crippen LogP contribution is -2.34. The van der Waals surface area contributed by atoms with Gasteiger partial charge in [-0.1, -0.05) is 13.8 Å². The summed E-state index contributed by atoms with van der Waals surface area (Å²) in [6, 6.07) is -0.741. The first-order valence-corrected chi connectivity index (χ1v) is 6.13. The second-order valence-corrected chi connectivity index (χ2v) is 5.75. The van der Waals surface area contributed by atoms with Crippen molar-refractivity contribution in [3.63, 3.8) is 0 Å². The van der Waals surface area contributed by atoms with Gasteiger partial charge in [-0.25, -0.2) is 4.98 Å². The van der Waals surface area contributed by atoms with Crippen LogP contribution >= 0.6 is 34.8 Å². The summed E-state index contributed by atoms with van der Waals surface area (Å²) in [5.41, 5.74) is 5.16.